The molecule has 20 heavy (non-hydrogen) atoms. The van der Waals surface area contributed by atoms with Gasteiger partial charge in [0.15, 0.2) is 0 Å². The van der Waals surface area contributed by atoms with Gasteiger partial charge in [-0.05, 0) is 36.6 Å². The third kappa shape index (κ3) is 2.35. The van der Waals surface area contributed by atoms with Crippen molar-refractivity contribution in [2.45, 2.75) is 19.4 Å². The molecule has 0 N–H and O–H groups in total. The van der Waals surface area contributed by atoms with E-state index in [1.807, 2.05) is 18.2 Å². The van der Waals surface area contributed by atoms with Crippen LogP contribution in [-0.4, -0.2) is 12.1 Å². The Morgan fingerprint density at radius 3 is 2.45 bits per heavy atom. The molecule has 0 saturated heterocycles. The fourth-order valence-corrected chi connectivity index (χ4v) is 3.47. The molecule has 4 atom stereocenters. The summed E-state index contributed by atoms with van der Waals surface area (Å²) >= 11 is 3.37. The van der Waals surface area contributed by atoms with E-state index in [0.29, 0.717) is 23.3 Å². The molecule has 0 bridgehead atoms. The van der Waals surface area contributed by atoms with Crippen molar-refractivity contribution in [3.8, 4) is 0 Å². The number of hydrogen-bond acceptors (Lipinski definition) is 2. The molecule has 1 saturated carbocycles. The summed E-state index contributed by atoms with van der Waals surface area (Å²) in [5.74, 6) is 1.11. The predicted octanol–water partition coefficient (Wildman–Crippen LogP) is 4.37. The van der Waals surface area contributed by atoms with Crippen LogP contribution in [0.15, 0.2) is 53.0 Å². The van der Waals surface area contributed by atoms with Gasteiger partial charge >= 0.3 is 5.97 Å². The smallest absolute Gasteiger partial charge is 0.338 e. The maximum Gasteiger partial charge on any atom is 0.338 e. The maximum absolute atomic E-state index is 12.2. The first-order chi connectivity index (χ1) is 9.70. The number of rotatable bonds is 3. The van der Waals surface area contributed by atoms with E-state index in [9.17, 15) is 4.79 Å². The average Bonchev–Trinajstić information content (AvgIpc) is 2.46. The van der Waals surface area contributed by atoms with Crippen molar-refractivity contribution in [2.75, 3.05) is 0 Å². The fraction of sp³-hybridized carbons (Fsp3) is 0.353. The quantitative estimate of drug-likeness (QED) is 0.768. The molecule has 1 aromatic carbocycles. The molecular formula is C17H17BrO2. The minimum Gasteiger partial charge on any atom is -0.458 e. The highest BCUT2D eigenvalue weighted by atomic mass is 79.9. The van der Waals surface area contributed by atoms with Crippen LogP contribution >= 0.6 is 15.9 Å². The number of carbonyl (C=O) groups is 1. The minimum absolute atomic E-state index is 0.0161. The van der Waals surface area contributed by atoms with Crippen molar-refractivity contribution in [1.29, 1.82) is 0 Å². The van der Waals surface area contributed by atoms with E-state index >= 15 is 0 Å². The lowest BCUT2D eigenvalue weighted by Gasteiger charge is -2.49. The molecule has 0 radical (unpaired) electrons. The summed E-state index contributed by atoms with van der Waals surface area (Å²) in [7, 11) is 0. The van der Waals surface area contributed by atoms with Gasteiger partial charge in [0.2, 0.25) is 0 Å². The fourth-order valence-electron chi connectivity index (χ4n) is 3.21. The highest BCUT2D eigenvalue weighted by Crippen LogP contribution is 2.48. The van der Waals surface area contributed by atoms with Crippen LogP contribution in [0.4, 0.5) is 0 Å². The Kier molecular flexibility index (Phi) is 3.79. The van der Waals surface area contributed by atoms with E-state index in [2.05, 4.69) is 41.1 Å². The van der Waals surface area contributed by atoms with Crippen molar-refractivity contribution < 1.29 is 9.53 Å². The first-order valence-electron chi connectivity index (χ1n) is 7.02. The van der Waals surface area contributed by atoms with Crippen LogP contribution < -0.4 is 0 Å². The van der Waals surface area contributed by atoms with Gasteiger partial charge in [0.05, 0.1) is 5.56 Å². The van der Waals surface area contributed by atoms with Crippen LogP contribution in [0.2, 0.25) is 0 Å². The molecule has 0 aromatic heterocycles. The Morgan fingerprint density at radius 2 is 1.80 bits per heavy atom. The number of hydrogen-bond donors (Lipinski definition) is 0. The first kappa shape index (κ1) is 13.6. The van der Waals surface area contributed by atoms with Crippen molar-refractivity contribution in [1.82, 2.24) is 0 Å². The van der Waals surface area contributed by atoms with E-state index < -0.39 is 0 Å². The van der Waals surface area contributed by atoms with E-state index in [-0.39, 0.29) is 12.1 Å². The third-order valence-electron chi connectivity index (χ3n) is 4.31. The lowest BCUT2D eigenvalue weighted by Crippen LogP contribution is -2.52. The summed E-state index contributed by atoms with van der Waals surface area (Å²) in [6.07, 6.45) is 9.60. The SMILES string of the molecule is CC[C@@H]1[C@@H]2C=CC=C[C@H]2[C@H]1OC(=O)c1ccc(Br)cc1. The predicted molar refractivity (Wildman–Crippen MR) is 82.4 cm³/mol. The standard InChI is InChI=1S/C17H17BrO2/c1-2-13-14-5-3-4-6-15(14)16(13)20-17(19)11-7-9-12(18)10-8-11/h3-10,13-16H,2H2,1H3/t13-,14+,15-,16+/m1/s1. The molecule has 3 rings (SSSR count). The molecule has 2 aliphatic rings. The molecule has 0 heterocycles. The number of allylic oxidation sites excluding steroid dienone is 3. The molecule has 3 heteroatoms. The summed E-state index contributed by atoms with van der Waals surface area (Å²) in [6, 6.07) is 7.31. The summed E-state index contributed by atoms with van der Waals surface area (Å²) in [5.41, 5.74) is 0.613. The topological polar surface area (TPSA) is 26.3 Å². The highest BCUT2D eigenvalue weighted by Gasteiger charge is 2.49. The Bertz CT molecular complexity index is 559. The van der Waals surface area contributed by atoms with Gasteiger partial charge in [-0.15, -0.1) is 0 Å². The third-order valence-corrected chi connectivity index (χ3v) is 4.84. The molecule has 104 valence electrons. The average molecular weight is 333 g/mol. The molecule has 0 unspecified atom stereocenters. The van der Waals surface area contributed by atoms with E-state index in [4.69, 9.17) is 4.74 Å². The number of fused-ring (bicyclic) bond motifs is 1. The first-order valence-corrected chi connectivity index (χ1v) is 7.81. The number of benzene rings is 1. The van der Waals surface area contributed by atoms with Crippen molar-refractivity contribution >= 4 is 21.9 Å². The monoisotopic (exact) mass is 332 g/mol. The van der Waals surface area contributed by atoms with Crippen LogP contribution in [-0.2, 0) is 4.74 Å². The van der Waals surface area contributed by atoms with Crippen molar-refractivity contribution in [3.63, 3.8) is 0 Å². The largest absolute Gasteiger partial charge is 0.458 e. The lowest BCUT2D eigenvalue weighted by molar-refractivity contribution is -0.0777. The van der Waals surface area contributed by atoms with Crippen molar-refractivity contribution in [2.24, 2.45) is 17.8 Å². The summed E-state index contributed by atoms with van der Waals surface area (Å²) in [5, 5.41) is 0. The van der Waals surface area contributed by atoms with Gasteiger partial charge in [-0.25, -0.2) is 4.79 Å². The van der Waals surface area contributed by atoms with E-state index in [0.717, 1.165) is 10.9 Å². The zero-order chi connectivity index (χ0) is 14.1. The van der Waals surface area contributed by atoms with Gasteiger partial charge in [-0.3, -0.25) is 0 Å². The summed E-state index contributed by atoms with van der Waals surface area (Å²) in [4.78, 5) is 12.2. The van der Waals surface area contributed by atoms with Gasteiger partial charge in [0.1, 0.15) is 6.10 Å². The Balaban J connectivity index is 1.71. The van der Waals surface area contributed by atoms with Crippen LogP contribution in [0.5, 0.6) is 0 Å². The number of carbonyl (C=O) groups excluding carboxylic acids is 1. The normalized spacial score (nSPS) is 30.5. The van der Waals surface area contributed by atoms with Gasteiger partial charge in [-0.1, -0.05) is 47.2 Å². The Hall–Kier alpha value is -1.35. The number of ether oxygens (including phenoxy) is 1. The van der Waals surface area contributed by atoms with Crippen LogP contribution in [0.1, 0.15) is 23.7 Å². The zero-order valence-electron chi connectivity index (χ0n) is 11.3. The second kappa shape index (κ2) is 5.57. The van der Waals surface area contributed by atoms with Gasteiger partial charge < -0.3 is 4.74 Å². The van der Waals surface area contributed by atoms with E-state index in [1.165, 1.54) is 0 Å². The van der Waals surface area contributed by atoms with Crippen molar-refractivity contribution in [3.05, 3.63) is 58.6 Å². The van der Waals surface area contributed by atoms with Gasteiger partial charge in [-0.2, -0.15) is 0 Å². The molecule has 2 nitrogen and oxygen atoms in total. The second-order valence-corrected chi connectivity index (χ2v) is 6.29. The molecule has 2 aliphatic carbocycles. The Labute approximate surface area is 127 Å². The number of halogens is 1. The Morgan fingerprint density at radius 1 is 1.15 bits per heavy atom. The summed E-state index contributed by atoms with van der Waals surface area (Å²) in [6.45, 7) is 2.16. The van der Waals surface area contributed by atoms with Crippen LogP contribution in [0.25, 0.3) is 0 Å². The second-order valence-electron chi connectivity index (χ2n) is 5.37. The molecule has 1 fully saturated rings. The molecular weight excluding hydrogens is 316 g/mol. The van der Waals surface area contributed by atoms with E-state index in [1.54, 1.807) is 12.1 Å². The molecule has 1 aromatic rings. The maximum atomic E-state index is 12.2. The van der Waals surface area contributed by atoms with Crippen LogP contribution in [0.3, 0.4) is 0 Å². The molecule has 0 aliphatic heterocycles. The summed E-state index contributed by atoms with van der Waals surface area (Å²) < 4.78 is 6.71. The molecule has 0 spiro atoms. The van der Waals surface area contributed by atoms with Gasteiger partial charge in [0.25, 0.3) is 0 Å². The lowest BCUT2D eigenvalue weighted by atomic mass is 9.60. The van der Waals surface area contributed by atoms with Crippen LogP contribution in [0, 0.1) is 17.8 Å². The minimum atomic E-state index is -0.220. The number of esters is 1. The zero-order valence-corrected chi connectivity index (χ0v) is 12.9. The molecule has 0 amide bonds. The highest BCUT2D eigenvalue weighted by molar-refractivity contribution is 9.10. The van der Waals surface area contributed by atoms with Gasteiger partial charge in [0, 0.05) is 16.3 Å².